The molecular formula is C28H34FN9O. The number of nitrogens with zero attached hydrogens (tertiary/aromatic N) is 6. The monoisotopic (exact) mass is 531 g/mol. The number of carbonyl (C=O) groups excluding carboxylic acids is 1. The summed E-state index contributed by atoms with van der Waals surface area (Å²) in [4.78, 5) is 37.1. The van der Waals surface area contributed by atoms with E-state index < -0.39 is 11.7 Å². The SMILES string of the molecule is C/C(N)=C/C(N)=Nc1cc(C)nc(-c2cnc(C(=O)NCc3ccc(C)nc3)c(F)c2)n1.C/C=C(/C)C=NC. The number of amidine groups is 1. The van der Waals surface area contributed by atoms with Crippen LogP contribution < -0.4 is 16.8 Å². The molecule has 0 radical (unpaired) electrons. The van der Waals surface area contributed by atoms with Crippen molar-refractivity contribution < 1.29 is 9.18 Å². The van der Waals surface area contributed by atoms with Gasteiger partial charge < -0.3 is 16.8 Å². The van der Waals surface area contributed by atoms with E-state index >= 15 is 0 Å². The largest absolute Gasteiger partial charge is 0.402 e. The van der Waals surface area contributed by atoms with Gasteiger partial charge in [-0.3, -0.25) is 14.8 Å². The van der Waals surface area contributed by atoms with E-state index in [0.29, 0.717) is 17.0 Å². The zero-order valence-electron chi connectivity index (χ0n) is 23.0. The number of nitrogens with one attached hydrogen (secondary N) is 1. The number of rotatable bonds is 7. The van der Waals surface area contributed by atoms with Crippen molar-refractivity contribution >= 4 is 23.8 Å². The molecule has 5 N–H and O–H groups in total. The summed E-state index contributed by atoms with van der Waals surface area (Å²) in [5.41, 5.74) is 15.3. The van der Waals surface area contributed by atoms with Crippen molar-refractivity contribution in [3.05, 3.63) is 88.5 Å². The van der Waals surface area contributed by atoms with Crippen LogP contribution >= 0.6 is 0 Å². The van der Waals surface area contributed by atoms with Crippen LogP contribution in [0.25, 0.3) is 11.4 Å². The molecule has 0 bridgehead atoms. The highest BCUT2D eigenvalue weighted by molar-refractivity contribution is 5.94. The van der Waals surface area contributed by atoms with Crippen molar-refractivity contribution in [2.75, 3.05) is 7.05 Å². The first kappa shape index (κ1) is 30.4. The third kappa shape index (κ3) is 10.2. The lowest BCUT2D eigenvalue weighted by molar-refractivity contribution is 0.0941. The van der Waals surface area contributed by atoms with Gasteiger partial charge in [0.1, 0.15) is 5.84 Å². The maximum absolute atomic E-state index is 14.7. The summed E-state index contributed by atoms with van der Waals surface area (Å²) in [6, 6.07) is 6.45. The summed E-state index contributed by atoms with van der Waals surface area (Å²) in [6.45, 7) is 9.52. The average molecular weight is 532 g/mol. The van der Waals surface area contributed by atoms with Gasteiger partial charge >= 0.3 is 0 Å². The van der Waals surface area contributed by atoms with Crippen LogP contribution in [0.2, 0.25) is 0 Å². The molecule has 0 fully saturated rings. The molecule has 0 atom stereocenters. The fraction of sp³-hybridized carbons (Fsp3) is 0.250. The Morgan fingerprint density at radius 3 is 2.38 bits per heavy atom. The summed E-state index contributed by atoms with van der Waals surface area (Å²) in [6.07, 6.45) is 8.33. The molecule has 0 aromatic carbocycles. The van der Waals surface area contributed by atoms with Gasteiger partial charge in [0.15, 0.2) is 23.2 Å². The number of aliphatic imine (C=N–C) groups is 2. The normalized spacial score (nSPS) is 12.2. The molecule has 3 rings (SSSR count). The van der Waals surface area contributed by atoms with Gasteiger partial charge in [-0.1, -0.05) is 12.1 Å². The topological polar surface area (TPSA) is 157 Å². The summed E-state index contributed by atoms with van der Waals surface area (Å²) in [5, 5.41) is 2.63. The number of hydrogen-bond donors (Lipinski definition) is 3. The minimum absolute atomic E-state index is 0.175. The van der Waals surface area contributed by atoms with E-state index in [2.05, 4.69) is 35.2 Å². The highest BCUT2D eigenvalue weighted by Gasteiger charge is 2.16. The molecule has 0 saturated heterocycles. The van der Waals surface area contributed by atoms with Crippen molar-refractivity contribution in [3.8, 4) is 11.4 Å². The van der Waals surface area contributed by atoms with Gasteiger partial charge in [-0.2, -0.15) is 0 Å². The Morgan fingerprint density at radius 2 is 1.82 bits per heavy atom. The molecular weight excluding hydrogens is 497 g/mol. The molecule has 3 aromatic heterocycles. The Hall–Kier alpha value is -4.80. The molecule has 0 unspecified atom stereocenters. The second-order valence-corrected chi connectivity index (χ2v) is 8.58. The van der Waals surface area contributed by atoms with Gasteiger partial charge in [0.05, 0.1) is 0 Å². The lowest BCUT2D eigenvalue weighted by atomic mass is 10.2. The van der Waals surface area contributed by atoms with Crippen LogP contribution in [-0.2, 0) is 6.54 Å². The molecule has 1 amide bonds. The van der Waals surface area contributed by atoms with E-state index in [4.69, 9.17) is 11.5 Å². The van der Waals surface area contributed by atoms with Crippen molar-refractivity contribution in [3.63, 3.8) is 0 Å². The lowest BCUT2D eigenvalue weighted by Crippen LogP contribution is -2.25. The van der Waals surface area contributed by atoms with Gasteiger partial charge in [-0.15, -0.1) is 0 Å². The molecule has 0 aliphatic rings. The number of pyridine rings is 2. The van der Waals surface area contributed by atoms with Gasteiger partial charge in [-0.05, 0) is 64.0 Å². The summed E-state index contributed by atoms with van der Waals surface area (Å²) >= 11 is 0. The van der Waals surface area contributed by atoms with Gasteiger partial charge in [0, 0.05) is 60.9 Å². The fourth-order valence-electron chi connectivity index (χ4n) is 3.01. The predicted molar refractivity (Wildman–Crippen MR) is 153 cm³/mol. The smallest absolute Gasteiger partial charge is 0.273 e. The highest BCUT2D eigenvalue weighted by atomic mass is 19.1. The van der Waals surface area contributed by atoms with E-state index in [1.165, 1.54) is 17.8 Å². The number of halogens is 1. The zero-order chi connectivity index (χ0) is 28.9. The number of allylic oxidation sites excluding steroid dienone is 3. The Balaban J connectivity index is 0.000000673. The maximum Gasteiger partial charge on any atom is 0.273 e. The van der Waals surface area contributed by atoms with Crippen LogP contribution in [-0.4, -0.2) is 44.9 Å². The molecule has 3 heterocycles. The van der Waals surface area contributed by atoms with Gasteiger partial charge in [0.25, 0.3) is 5.91 Å². The Labute approximate surface area is 228 Å². The number of aryl methyl sites for hydroxylation is 2. The highest BCUT2D eigenvalue weighted by Crippen LogP contribution is 2.21. The molecule has 39 heavy (non-hydrogen) atoms. The van der Waals surface area contributed by atoms with E-state index in [1.807, 2.05) is 45.2 Å². The predicted octanol–water partition coefficient (Wildman–Crippen LogP) is 4.12. The number of aromatic nitrogens is 4. The van der Waals surface area contributed by atoms with Crippen molar-refractivity contribution in [2.24, 2.45) is 21.5 Å². The Bertz CT molecular complexity index is 1410. The molecule has 0 aliphatic carbocycles. The first-order valence-electron chi connectivity index (χ1n) is 12.1. The summed E-state index contributed by atoms with van der Waals surface area (Å²) < 4.78 is 14.7. The molecule has 204 valence electrons. The maximum atomic E-state index is 14.7. The van der Waals surface area contributed by atoms with Crippen LogP contribution in [0, 0.1) is 19.7 Å². The second-order valence-electron chi connectivity index (χ2n) is 8.58. The van der Waals surface area contributed by atoms with Crippen LogP contribution in [0.15, 0.2) is 70.1 Å². The fourth-order valence-corrected chi connectivity index (χ4v) is 3.01. The van der Waals surface area contributed by atoms with E-state index in [9.17, 15) is 9.18 Å². The van der Waals surface area contributed by atoms with Crippen LogP contribution in [0.3, 0.4) is 0 Å². The molecule has 0 saturated carbocycles. The first-order valence-corrected chi connectivity index (χ1v) is 12.1. The third-order valence-electron chi connectivity index (χ3n) is 4.99. The van der Waals surface area contributed by atoms with Gasteiger partial charge in [-0.25, -0.2) is 24.3 Å². The minimum atomic E-state index is -0.793. The molecule has 0 spiro atoms. The Morgan fingerprint density at radius 1 is 1.08 bits per heavy atom. The van der Waals surface area contributed by atoms with Crippen LogP contribution in [0.5, 0.6) is 0 Å². The first-order chi connectivity index (χ1) is 18.5. The zero-order valence-corrected chi connectivity index (χ0v) is 23.0. The van der Waals surface area contributed by atoms with Crippen molar-refractivity contribution in [1.82, 2.24) is 25.3 Å². The minimum Gasteiger partial charge on any atom is -0.402 e. The number of amides is 1. The molecule has 11 heteroatoms. The molecule has 10 nitrogen and oxygen atoms in total. The standard InChI is InChI=1S/C22H23FN8O.C6H11N/c1-12(24)6-18(25)30-19-7-14(3)29-21(31-19)16-8-17(23)20(27-11-16)22(32)28-10-15-5-4-13(2)26-9-15;1-4-6(2)5-7-3/h4-9,11H,10,24H2,1-3H3,(H,28,32)(H2,25,29,30,31);4-5H,1-3H3/b12-6-;6-4-,7-5?. The lowest BCUT2D eigenvalue weighted by Gasteiger charge is -2.08. The van der Waals surface area contributed by atoms with Gasteiger partial charge in [0.2, 0.25) is 0 Å². The third-order valence-corrected chi connectivity index (χ3v) is 4.99. The quantitative estimate of drug-likeness (QED) is 0.305. The van der Waals surface area contributed by atoms with Crippen LogP contribution in [0.4, 0.5) is 10.2 Å². The van der Waals surface area contributed by atoms with E-state index in [0.717, 1.165) is 17.3 Å². The number of hydrogen-bond acceptors (Lipinski definition) is 8. The molecule has 0 aliphatic heterocycles. The molecule has 3 aromatic rings. The van der Waals surface area contributed by atoms with E-state index in [-0.39, 0.29) is 29.7 Å². The van der Waals surface area contributed by atoms with E-state index in [1.54, 1.807) is 33.2 Å². The summed E-state index contributed by atoms with van der Waals surface area (Å²) in [7, 11) is 1.77. The average Bonchev–Trinajstić information content (AvgIpc) is 2.87. The summed E-state index contributed by atoms with van der Waals surface area (Å²) in [5.74, 6) is -0.764. The number of nitrogens with two attached hydrogens (primary N) is 2. The van der Waals surface area contributed by atoms with Crippen molar-refractivity contribution in [2.45, 2.75) is 41.2 Å². The van der Waals surface area contributed by atoms with Crippen LogP contribution in [0.1, 0.15) is 48.2 Å². The second kappa shape index (κ2) is 14.8. The Kier molecular flexibility index (Phi) is 11.6. The number of carbonyl (C=O) groups is 1. The van der Waals surface area contributed by atoms with Crippen molar-refractivity contribution in [1.29, 1.82) is 0 Å².